The molecule has 0 radical (unpaired) electrons. The van der Waals surface area contributed by atoms with Gasteiger partial charge in [-0.25, -0.2) is 5.84 Å². The molecule has 3 N–H and O–H groups in total. The lowest BCUT2D eigenvalue weighted by atomic mass is 10.2. The second-order valence-corrected chi connectivity index (χ2v) is 3.79. The standard InChI is InChI=1S/C12H19N3O2/c1-15(8-4-7-12(16)14-13)10-5-3-6-11(9-10)17-2/h3,5-6,9H,4,7-8,13H2,1-2H3,(H,14,16). The first-order chi connectivity index (χ1) is 8.17. The van der Waals surface area contributed by atoms with Crippen LogP contribution in [0.1, 0.15) is 12.8 Å². The molecule has 0 aromatic heterocycles. The van der Waals surface area contributed by atoms with Crippen molar-refractivity contribution < 1.29 is 9.53 Å². The average molecular weight is 237 g/mol. The highest BCUT2D eigenvalue weighted by molar-refractivity contribution is 5.75. The Hall–Kier alpha value is -1.75. The summed E-state index contributed by atoms with van der Waals surface area (Å²) in [6.07, 6.45) is 1.20. The molecule has 0 fully saturated rings. The van der Waals surface area contributed by atoms with E-state index in [1.54, 1.807) is 7.11 Å². The van der Waals surface area contributed by atoms with Gasteiger partial charge in [-0.05, 0) is 18.6 Å². The molecule has 0 aliphatic heterocycles. The molecular weight excluding hydrogens is 218 g/mol. The number of rotatable bonds is 6. The highest BCUT2D eigenvalue weighted by atomic mass is 16.5. The number of nitrogens with two attached hydrogens (primary N) is 1. The largest absolute Gasteiger partial charge is 0.497 e. The van der Waals surface area contributed by atoms with E-state index >= 15 is 0 Å². The van der Waals surface area contributed by atoms with Crippen molar-refractivity contribution in [2.24, 2.45) is 5.84 Å². The number of hydrogen-bond donors (Lipinski definition) is 2. The van der Waals surface area contributed by atoms with E-state index in [0.717, 1.165) is 24.4 Å². The zero-order chi connectivity index (χ0) is 12.7. The van der Waals surface area contributed by atoms with Gasteiger partial charge >= 0.3 is 0 Å². The summed E-state index contributed by atoms with van der Waals surface area (Å²) in [4.78, 5) is 13.0. The van der Waals surface area contributed by atoms with Gasteiger partial charge in [0.15, 0.2) is 0 Å². The molecule has 0 heterocycles. The quantitative estimate of drug-likeness (QED) is 0.438. The van der Waals surface area contributed by atoms with Gasteiger partial charge in [0, 0.05) is 31.8 Å². The van der Waals surface area contributed by atoms with Gasteiger partial charge in [0.1, 0.15) is 5.75 Å². The van der Waals surface area contributed by atoms with E-state index < -0.39 is 0 Å². The molecule has 1 aromatic rings. The molecule has 5 heteroatoms. The van der Waals surface area contributed by atoms with E-state index in [-0.39, 0.29) is 5.91 Å². The molecule has 0 bridgehead atoms. The molecule has 94 valence electrons. The van der Waals surface area contributed by atoms with Crippen LogP contribution in [0.2, 0.25) is 0 Å². The molecule has 0 unspecified atom stereocenters. The molecule has 1 amide bonds. The van der Waals surface area contributed by atoms with Crippen molar-refractivity contribution >= 4 is 11.6 Å². The maximum atomic E-state index is 11.0. The number of methoxy groups -OCH3 is 1. The fourth-order valence-electron chi connectivity index (χ4n) is 1.53. The van der Waals surface area contributed by atoms with Crippen molar-refractivity contribution in [3.8, 4) is 5.75 Å². The molecule has 0 spiro atoms. The van der Waals surface area contributed by atoms with E-state index in [0.29, 0.717) is 6.42 Å². The number of ether oxygens (including phenoxy) is 1. The molecule has 0 saturated heterocycles. The van der Waals surface area contributed by atoms with Gasteiger partial charge < -0.3 is 9.64 Å². The van der Waals surface area contributed by atoms with Gasteiger partial charge in [-0.3, -0.25) is 10.2 Å². The van der Waals surface area contributed by atoms with Gasteiger partial charge in [0.05, 0.1) is 7.11 Å². The van der Waals surface area contributed by atoms with Crippen LogP contribution in [0.4, 0.5) is 5.69 Å². The Morgan fingerprint density at radius 1 is 1.53 bits per heavy atom. The first-order valence-electron chi connectivity index (χ1n) is 5.52. The van der Waals surface area contributed by atoms with Crippen LogP contribution in [-0.2, 0) is 4.79 Å². The van der Waals surface area contributed by atoms with Crippen LogP contribution in [0, 0.1) is 0 Å². The van der Waals surface area contributed by atoms with Crippen molar-refractivity contribution in [2.75, 3.05) is 25.6 Å². The maximum absolute atomic E-state index is 11.0. The molecule has 0 aliphatic rings. The third-order valence-electron chi connectivity index (χ3n) is 2.55. The smallest absolute Gasteiger partial charge is 0.233 e. The Morgan fingerprint density at radius 2 is 2.29 bits per heavy atom. The van der Waals surface area contributed by atoms with E-state index in [2.05, 4.69) is 10.3 Å². The lowest BCUT2D eigenvalue weighted by Gasteiger charge is -2.19. The lowest BCUT2D eigenvalue weighted by molar-refractivity contribution is -0.121. The van der Waals surface area contributed by atoms with E-state index in [1.807, 2.05) is 31.3 Å². The minimum Gasteiger partial charge on any atom is -0.497 e. The predicted octanol–water partition coefficient (Wildman–Crippen LogP) is 0.901. The minimum atomic E-state index is -0.135. The first kappa shape index (κ1) is 13.3. The van der Waals surface area contributed by atoms with Crippen LogP contribution in [0.5, 0.6) is 5.75 Å². The Morgan fingerprint density at radius 3 is 2.94 bits per heavy atom. The van der Waals surface area contributed by atoms with Crippen molar-refractivity contribution in [3.05, 3.63) is 24.3 Å². The van der Waals surface area contributed by atoms with Crippen molar-refractivity contribution in [1.29, 1.82) is 0 Å². The summed E-state index contributed by atoms with van der Waals surface area (Å²) in [6, 6.07) is 7.81. The third kappa shape index (κ3) is 4.32. The number of carbonyl (C=O) groups is 1. The number of hydrogen-bond acceptors (Lipinski definition) is 4. The summed E-state index contributed by atoms with van der Waals surface area (Å²) in [7, 11) is 3.62. The number of hydrazine groups is 1. The fraction of sp³-hybridized carbons (Fsp3) is 0.417. The number of amides is 1. The SMILES string of the molecule is COc1cccc(N(C)CCCC(=O)NN)c1. The van der Waals surface area contributed by atoms with Crippen molar-refractivity contribution in [1.82, 2.24) is 5.43 Å². The van der Waals surface area contributed by atoms with E-state index in [1.165, 1.54) is 0 Å². The molecule has 1 aromatic carbocycles. The number of nitrogens with zero attached hydrogens (tertiary/aromatic N) is 1. The molecular formula is C12H19N3O2. The maximum Gasteiger partial charge on any atom is 0.233 e. The molecule has 0 atom stereocenters. The van der Waals surface area contributed by atoms with E-state index in [4.69, 9.17) is 10.6 Å². The molecule has 0 aliphatic carbocycles. The van der Waals surface area contributed by atoms with Gasteiger partial charge in [-0.1, -0.05) is 6.07 Å². The number of nitrogens with one attached hydrogen (secondary N) is 1. The van der Waals surface area contributed by atoms with Crippen LogP contribution < -0.4 is 20.9 Å². The molecule has 5 nitrogen and oxygen atoms in total. The van der Waals surface area contributed by atoms with Crippen molar-refractivity contribution in [3.63, 3.8) is 0 Å². The summed E-state index contributed by atoms with van der Waals surface area (Å²) in [5, 5.41) is 0. The predicted molar refractivity (Wildman–Crippen MR) is 67.8 cm³/mol. The highest BCUT2D eigenvalue weighted by Crippen LogP contribution is 2.19. The second-order valence-electron chi connectivity index (χ2n) is 3.79. The Labute approximate surface area is 102 Å². The summed E-state index contributed by atoms with van der Waals surface area (Å²) in [6.45, 7) is 0.792. The first-order valence-corrected chi connectivity index (χ1v) is 5.52. The van der Waals surface area contributed by atoms with Crippen LogP contribution in [0.3, 0.4) is 0 Å². The zero-order valence-electron chi connectivity index (χ0n) is 10.3. The Balaban J connectivity index is 2.46. The minimum absolute atomic E-state index is 0.135. The van der Waals surface area contributed by atoms with Gasteiger partial charge in [-0.15, -0.1) is 0 Å². The van der Waals surface area contributed by atoms with Crippen LogP contribution in [0.25, 0.3) is 0 Å². The average Bonchev–Trinajstić information content (AvgIpc) is 2.38. The monoisotopic (exact) mass is 237 g/mol. The highest BCUT2D eigenvalue weighted by Gasteiger charge is 2.04. The number of benzene rings is 1. The third-order valence-corrected chi connectivity index (χ3v) is 2.55. The fourth-order valence-corrected chi connectivity index (χ4v) is 1.53. The number of carbonyl (C=O) groups excluding carboxylic acids is 1. The summed E-state index contributed by atoms with van der Waals surface area (Å²) >= 11 is 0. The van der Waals surface area contributed by atoms with Gasteiger partial charge in [0.25, 0.3) is 0 Å². The number of anilines is 1. The van der Waals surface area contributed by atoms with Crippen molar-refractivity contribution in [2.45, 2.75) is 12.8 Å². The van der Waals surface area contributed by atoms with Gasteiger partial charge in [-0.2, -0.15) is 0 Å². The zero-order valence-corrected chi connectivity index (χ0v) is 10.3. The second kappa shape index (κ2) is 6.75. The Kier molecular flexibility index (Phi) is 5.29. The Bertz CT molecular complexity index is 369. The summed E-state index contributed by atoms with van der Waals surface area (Å²) < 4.78 is 5.16. The lowest BCUT2D eigenvalue weighted by Crippen LogP contribution is -2.30. The van der Waals surface area contributed by atoms with Crippen LogP contribution in [0.15, 0.2) is 24.3 Å². The van der Waals surface area contributed by atoms with Gasteiger partial charge in [0.2, 0.25) is 5.91 Å². The summed E-state index contributed by atoms with van der Waals surface area (Å²) in [5.41, 5.74) is 3.19. The summed E-state index contributed by atoms with van der Waals surface area (Å²) in [5.74, 6) is 5.70. The topological polar surface area (TPSA) is 67.6 Å². The molecule has 17 heavy (non-hydrogen) atoms. The van der Waals surface area contributed by atoms with Crippen LogP contribution >= 0.6 is 0 Å². The molecule has 0 saturated carbocycles. The van der Waals surface area contributed by atoms with Crippen LogP contribution in [-0.4, -0.2) is 26.6 Å². The van der Waals surface area contributed by atoms with E-state index in [9.17, 15) is 4.79 Å². The normalized spacial score (nSPS) is 9.82. The molecule has 1 rings (SSSR count).